The molecule has 216 valence electrons. The van der Waals surface area contributed by atoms with Gasteiger partial charge in [0.15, 0.2) is 0 Å². The second-order valence-corrected chi connectivity index (χ2v) is 11.4. The maximum absolute atomic E-state index is 13.4. The van der Waals surface area contributed by atoms with Gasteiger partial charge in [0.05, 0.1) is 6.04 Å². The van der Waals surface area contributed by atoms with Crippen LogP contribution in [0.15, 0.2) is 30.5 Å². The first-order valence-electron chi connectivity index (χ1n) is 13.4. The lowest BCUT2D eigenvalue weighted by Crippen LogP contribution is -2.59. The van der Waals surface area contributed by atoms with Crippen LogP contribution in [0.25, 0.3) is 10.9 Å². The minimum absolute atomic E-state index is 0.0594. The number of carboxylic acids is 1. The standard InChI is InChI=1S/C28H43N5O5S/c1-6-17(4)24(33-25(34)20(29)14-18-15-30-21-10-8-7-9-19(18)21)27(36)31-22(11-12-39-5)26(35)32-23(28(37)38)13-16(2)3/h7-10,15-17,20,22-24,30H,6,11-14,29H2,1-5H3,(H,31,36)(H,32,35)(H,33,34)(H,37,38). The fourth-order valence-electron chi connectivity index (χ4n) is 4.32. The number of benzene rings is 1. The Morgan fingerprint density at radius 1 is 1.00 bits per heavy atom. The van der Waals surface area contributed by atoms with Crippen molar-refractivity contribution in [1.82, 2.24) is 20.9 Å². The van der Waals surface area contributed by atoms with Gasteiger partial charge in [-0.05, 0) is 54.7 Å². The van der Waals surface area contributed by atoms with Gasteiger partial charge >= 0.3 is 5.97 Å². The summed E-state index contributed by atoms with van der Waals surface area (Å²) in [5, 5.41) is 18.6. The van der Waals surface area contributed by atoms with E-state index in [1.54, 1.807) is 0 Å². The third-order valence-corrected chi connectivity index (χ3v) is 7.45. The molecular formula is C28H43N5O5S. The van der Waals surface area contributed by atoms with Crippen LogP contribution in [0.2, 0.25) is 0 Å². The van der Waals surface area contributed by atoms with Gasteiger partial charge in [0.1, 0.15) is 18.1 Å². The van der Waals surface area contributed by atoms with E-state index >= 15 is 0 Å². The molecule has 0 radical (unpaired) electrons. The molecule has 0 spiro atoms. The molecule has 2 rings (SSSR count). The predicted molar refractivity (Wildman–Crippen MR) is 155 cm³/mol. The molecule has 0 aliphatic rings. The Morgan fingerprint density at radius 3 is 2.28 bits per heavy atom. The molecule has 5 unspecified atom stereocenters. The molecule has 11 heteroatoms. The molecule has 1 aromatic heterocycles. The molecule has 0 saturated heterocycles. The number of nitrogens with one attached hydrogen (secondary N) is 4. The van der Waals surface area contributed by atoms with Crippen molar-refractivity contribution in [3.8, 4) is 0 Å². The Morgan fingerprint density at radius 2 is 1.67 bits per heavy atom. The van der Waals surface area contributed by atoms with E-state index in [9.17, 15) is 24.3 Å². The van der Waals surface area contributed by atoms with Crippen LogP contribution < -0.4 is 21.7 Å². The number of carboxylic acid groups (broad SMARTS) is 1. The number of aromatic nitrogens is 1. The molecule has 0 aliphatic heterocycles. The van der Waals surface area contributed by atoms with Gasteiger partial charge in [-0.3, -0.25) is 14.4 Å². The molecule has 0 bridgehead atoms. The van der Waals surface area contributed by atoms with Crippen LogP contribution in [0.1, 0.15) is 52.5 Å². The molecule has 10 nitrogen and oxygen atoms in total. The van der Waals surface area contributed by atoms with Crippen LogP contribution in [0.3, 0.4) is 0 Å². The van der Waals surface area contributed by atoms with Gasteiger partial charge in [0.25, 0.3) is 0 Å². The van der Waals surface area contributed by atoms with Gasteiger partial charge in [-0.15, -0.1) is 0 Å². The van der Waals surface area contributed by atoms with Crippen molar-refractivity contribution in [2.75, 3.05) is 12.0 Å². The number of carbonyl (C=O) groups is 4. The summed E-state index contributed by atoms with van der Waals surface area (Å²) >= 11 is 1.51. The van der Waals surface area contributed by atoms with E-state index in [0.717, 1.165) is 16.5 Å². The van der Waals surface area contributed by atoms with Crippen molar-refractivity contribution < 1.29 is 24.3 Å². The van der Waals surface area contributed by atoms with E-state index in [2.05, 4.69) is 20.9 Å². The number of fused-ring (bicyclic) bond motifs is 1. The normalized spacial score (nSPS) is 15.3. The van der Waals surface area contributed by atoms with Crippen molar-refractivity contribution in [2.45, 2.75) is 77.5 Å². The Labute approximate surface area is 234 Å². The Bertz CT molecular complexity index is 1120. The molecule has 0 saturated carbocycles. The van der Waals surface area contributed by atoms with Gasteiger partial charge in [-0.25, -0.2) is 4.79 Å². The Kier molecular flexibility index (Phi) is 12.8. The van der Waals surface area contributed by atoms with E-state index in [4.69, 9.17) is 5.73 Å². The molecule has 3 amide bonds. The van der Waals surface area contributed by atoms with Gasteiger partial charge < -0.3 is 31.8 Å². The summed E-state index contributed by atoms with van der Waals surface area (Å²) in [4.78, 5) is 54.4. The van der Waals surface area contributed by atoms with Crippen molar-refractivity contribution in [3.05, 3.63) is 36.0 Å². The lowest BCUT2D eigenvalue weighted by atomic mass is 9.96. The van der Waals surface area contributed by atoms with E-state index in [1.807, 2.05) is 64.4 Å². The fraction of sp³-hybridized carbons (Fsp3) is 0.571. The third-order valence-electron chi connectivity index (χ3n) is 6.81. The molecule has 0 fully saturated rings. The highest BCUT2D eigenvalue weighted by molar-refractivity contribution is 7.98. The number of rotatable bonds is 16. The van der Waals surface area contributed by atoms with Crippen LogP contribution >= 0.6 is 11.8 Å². The lowest BCUT2D eigenvalue weighted by Gasteiger charge is -2.28. The van der Waals surface area contributed by atoms with Crippen LogP contribution in [-0.4, -0.2) is 70.0 Å². The van der Waals surface area contributed by atoms with Crippen LogP contribution in [0, 0.1) is 11.8 Å². The summed E-state index contributed by atoms with van der Waals surface area (Å²) in [6.45, 7) is 7.50. The van der Waals surface area contributed by atoms with Crippen LogP contribution in [-0.2, 0) is 25.6 Å². The van der Waals surface area contributed by atoms with Crippen LogP contribution in [0.5, 0.6) is 0 Å². The van der Waals surface area contributed by atoms with Gasteiger partial charge in [0, 0.05) is 17.1 Å². The number of carbonyl (C=O) groups excluding carboxylic acids is 3. The maximum Gasteiger partial charge on any atom is 0.326 e. The summed E-state index contributed by atoms with van der Waals surface area (Å²) < 4.78 is 0. The van der Waals surface area contributed by atoms with E-state index in [-0.39, 0.29) is 24.7 Å². The second-order valence-electron chi connectivity index (χ2n) is 10.4. The summed E-state index contributed by atoms with van der Waals surface area (Å²) in [5.74, 6) is -2.24. The van der Waals surface area contributed by atoms with Gasteiger partial charge in [-0.2, -0.15) is 11.8 Å². The topological polar surface area (TPSA) is 166 Å². The molecular weight excluding hydrogens is 518 g/mol. The number of amides is 3. The number of hydrogen-bond donors (Lipinski definition) is 6. The van der Waals surface area contributed by atoms with Crippen molar-refractivity contribution in [1.29, 1.82) is 0 Å². The average Bonchev–Trinajstić information content (AvgIpc) is 3.30. The molecule has 2 aromatic rings. The highest BCUT2D eigenvalue weighted by Crippen LogP contribution is 2.19. The molecule has 0 aliphatic carbocycles. The zero-order chi connectivity index (χ0) is 29.1. The SMILES string of the molecule is CCC(C)C(NC(=O)C(N)Cc1c[nH]c2ccccc12)C(=O)NC(CCSC)C(=O)NC(CC(C)C)C(=O)O. The monoisotopic (exact) mass is 561 g/mol. The van der Waals surface area contributed by atoms with Gasteiger partial charge in [0.2, 0.25) is 17.7 Å². The summed E-state index contributed by atoms with van der Waals surface area (Å²) in [6.07, 6.45) is 5.18. The minimum Gasteiger partial charge on any atom is -0.480 e. The second kappa shape index (κ2) is 15.5. The predicted octanol–water partition coefficient (Wildman–Crippen LogP) is 2.42. The molecule has 1 heterocycles. The van der Waals surface area contributed by atoms with E-state index < -0.39 is 47.9 Å². The lowest BCUT2D eigenvalue weighted by molar-refractivity contribution is -0.142. The number of para-hydroxylation sites is 1. The first-order chi connectivity index (χ1) is 18.5. The van der Waals surface area contributed by atoms with Gasteiger partial charge in [-0.1, -0.05) is 52.3 Å². The quantitative estimate of drug-likeness (QED) is 0.183. The summed E-state index contributed by atoms with van der Waals surface area (Å²) in [7, 11) is 0. The van der Waals surface area contributed by atoms with Crippen molar-refractivity contribution in [3.63, 3.8) is 0 Å². The number of aromatic amines is 1. The molecule has 1 aromatic carbocycles. The number of H-pyrrole nitrogens is 1. The molecule has 5 atom stereocenters. The number of aliphatic carboxylic acids is 1. The van der Waals surface area contributed by atoms with Crippen molar-refractivity contribution in [2.24, 2.45) is 17.6 Å². The van der Waals surface area contributed by atoms with E-state index in [0.29, 0.717) is 18.6 Å². The summed E-state index contributed by atoms with van der Waals surface area (Å²) in [6, 6.07) is 3.94. The van der Waals surface area contributed by atoms with E-state index in [1.165, 1.54) is 11.8 Å². The van der Waals surface area contributed by atoms with Crippen molar-refractivity contribution >= 4 is 46.4 Å². The highest BCUT2D eigenvalue weighted by atomic mass is 32.2. The Hall–Kier alpha value is -3.05. The average molecular weight is 562 g/mol. The highest BCUT2D eigenvalue weighted by Gasteiger charge is 2.32. The first-order valence-corrected chi connectivity index (χ1v) is 14.8. The maximum atomic E-state index is 13.4. The number of thioether (sulfide) groups is 1. The third kappa shape index (κ3) is 9.58. The zero-order valence-corrected chi connectivity index (χ0v) is 24.3. The Balaban J connectivity index is 2.13. The fourth-order valence-corrected chi connectivity index (χ4v) is 4.79. The zero-order valence-electron chi connectivity index (χ0n) is 23.5. The first kappa shape index (κ1) is 32.2. The van der Waals surface area contributed by atoms with Crippen LogP contribution in [0.4, 0.5) is 0 Å². The summed E-state index contributed by atoms with van der Waals surface area (Å²) in [5.41, 5.74) is 8.10. The molecule has 39 heavy (non-hydrogen) atoms. The molecule has 7 N–H and O–H groups in total. The largest absolute Gasteiger partial charge is 0.480 e. The number of hydrogen-bond acceptors (Lipinski definition) is 6. The smallest absolute Gasteiger partial charge is 0.326 e. The number of nitrogens with two attached hydrogens (primary N) is 1. The minimum atomic E-state index is -1.12.